The molecule has 0 aromatic carbocycles. The summed E-state index contributed by atoms with van der Waals surface area (Å²) in [6, 6.07) is 2.01. The van der Waals surface area contributed by atoms with Crippen LogP contribution in [0.1, 0.15) is 34.1 Å². The molecule has 0 saturated heterocycles. The largest absolute Gasteiger partial charge is 0.295 e. The number of nitriles is 1. The SMILES string of the molecule is CC(C=CC1C(C)=CC(=O)CC1(C)C)=CC#N. The van der Waals surface area contributed by atoms with Gasteiger partial charge in [-0.2, -0.15) is 5.26 Å². The second-order valence-corrected chi connectivity index (χ2v) is 5.37. The molecule has 1 atom stereocenters. The van der Waals surface area contributed by atoms with E-state index in [-0.39, 0.29) is 17.1 Å². The Morgan fingerprint density at radius 2 is 2.24 bits per heavy atom. The lowest BCUT2D eigenvalue weighted by molar-refractivity contribution is -0.117. The summed E-state index contributed by atoms with van der Waals surface area (Å²) in [6.45, 7) is 8.12. The molecule has 1 rings (SSSR count). The Bertz CT molecular complexity index is 444. The molecule has 0 N–H and O–H groups in total. The fourth-order valence-corrected chi connectivity index (χ4v) is 2.38. The van der Waals surface area contributed by atoms with Crippen molar-refractivity contribution in [3.8, 4) is 6.07 Å². The number of carbonyl (C=O) groups excluding carboxylic acids is 1. The van der Waals surface area contributed by atoms with Crippen molar-refractivity contribution in [3.05, 3.63) is 35.5 Å². The molecule has 0 fully saturated rings. The van der Waals surface area contributed by atoms with Gasteiger partial charge in [-0.1, -0.05) is 31.6 Å². The number of hydrogen-bond donors (Lipinski definition) is 0. The standard InChI is InChI=1S/C15H19NO/c1-11(7-8-16)5-6-14-12(2)9-13(17)10-15(14,3)4/h5-7,9,14H,10H2,1-4H3. The first-order valence-corrected chi connectivity index (χ1v) is 5.82. The summed E-state index contributed by atoms with van der Waals surface area (Å²) in [4.78, 5) is 11.5. The van der Waals surface area contributed by atoms with Gasteiger partial charge in [-0.3, -0.25) is 4.79 Å². The summed E-state index contributed by atoms with van der Waals surface area (Å²) in [5, 5.41) is 8.55. The minimum atomic E-state index is -0.0423. The number of allylic oxidation sites excluding steroid dienone is 6. The van der Waals surface area contributed by atoms with E-state index in [4.69, 9.17) is 5.26 Å². The first-order chi connectivity index (χ1) is 7.86. The lowest BCUT2D eigenvalue weighted by Crippen LogP contribution is -2.30. The molecule has 0 bridgehead atoms. The Labute approximate surface area is 103 Å². The van der Waals surface area contributed by atoms with E-state index in [1.54, 1.807) is 6.08 Å². The van der Waals surface area contributed by atoms with E-state index in [0.717, 1.165) is 11.1 Å². The molecule has 0 spiro atoms. The third-order valence-corrected chi connectivity index (χ3v) is 3.19. The van der Waals surface area contributed by atoms with Crippen LogP contribution >= 0.6 is 0 Å². The summed E-state index contributed by atoms with van der Waals surface area (Å²) in [5.41, 5.74) is 2.00. The van der Waals surface area contributed by atoms with Crippen molar-refractivity contribution >= 4 is 5.78 Å². The van der Waals surface area contributed by atoms with Gasteiger partial charge in [0, 0.05) is 18.4 Å². The summed E-state index contributed by atoms with van der Waals surface area (Å²) < 4.78 is 0. The van der Waals surface area contributed by atoms with E-state index in [1.165, 1.54) is 6.08 Å². The highest BCUT2D eigenvalue weighted by molar-refractivity contribution is 5.92. The van der Waals surface area contributed by atoms with Gasteiger partial charge < -0.3 is 0 Å². The van der Waals surface area contributed by atoms with Gasteiger partial charge in [-0.15, -0.1) is 0 Å². The van der Waals surface area contributed by atoms with E-state index in [2.05, 4.69) is 19.9 Å². The summed E-state index contributed by atoms with van der Waals surface area (Å²) in [5.74, 6) is 0.476. The number of rotatable bonds is 2. The Balaban J connectivity index is 2.97. The van der Waals surface area contributed by atoms with Gasteiger partial charge in [0.2, 0.25) is 0 Å². The molecule has 1 aliphatic rings. The quantitative estimate of drug-likeness (QED) is 0.536. The van der Waals surface area contributed by atoms with Crippen molar-refractivity contribution in [2.45, 2.75) is 34.1 Å². The Morgan fingerprint density at radius 3 is 2.76 bits per heavy atom. The number of carbonyl (C=O) groups is 1. The highest BCUT2D eigenvalue weighted by Gasteiger charge is 2.34. The predicted molar refractivity (Wildman–Crippen MR) is 69.2 cm³/mol. The third-order valence-electron chi connectivity index (χ3n) is 3.19. The van der Waals surface area contributed by atoms with Crippen LogP contribution in [0, 0.1) is 22.7 Å². The third kappa shape index (κ3) is 3.42. The second-order valence-electron chi connectivity index (χ2n) is 5.37. The van der Waals surface area contributed by atoms with Crippen LogP contribution in [0.3, 0.4) is 0 Å². The maximum atomic E-state index is 11.5. The van der Waals surface area contributed by atoms with Crippen molar-refractivity contribution in [2.24, 2.45) is 11.3 Å². The Kier molecular flexibility index (Phi) is 4.07. The van der Waals surface area contributed by atoms with Gasteiger partial charge in [-0.05, 0) is 30.9 Å². The van der Waals surface area contributed by atoms with Crippen LogP contribution in [0.2, 0.25) is 0 Å². The van der Waals surface area contributed by atoms with Crippen molar-refractivity contribution < 1.29 is 4.79 Å². The van der Waals surface area contributed by atoms with Crippen LogP contribution < -0.4 is 0 Å². The molecule has 0 aromatic rings. The zero-order valence-corrected chi connectivity index (χ0v) is 10.9. The maximum absolute atomic E-state index is 11.5. The highest BCUT2D eigenvalue weighted by Crippen LogP contribution is 2.40. The molecule has 0 aromatic heterocycles. The lowest BCUT2D eigenvalue weighted by atomic mass is 9.68. The minimum absolute atomic E-state index is 0.0423. The Hall–Kier alpha value is -1.62. The lowest BCUT2D eigenvalue weighted by Gasteiger charge is -2.35. The van der Waals surface area contributed by atoms with Crippen LogP contribution in [0.25, 0.3) is 0 Å². The van der Waals surface area contributed by atoms with Crippen molar-refractivity contribution in [3.63, 3.8) is 0 Å². The van der Waals surface area contributed by atoms with Crippen LogP contribution in [-0.4, -0.2) is 5.78 Å². The molecule has 90 valence electrons. The maximum Gasteiger partial charge on any atom is 0.156 e. The van der Waals surface area contributed by atoms with E-state index in [0.29, 0.717) is 6.42 Å². The van der Waals surface area contributed by atoms with Gasteiger partial charge in [0.1, 0.15) is 0 Å². The highest BCUT2D eigenvalue weighted by atomic mass is 16.1. The predicted octanol–water partition coefficient (Wildman–Crippen LogP) is 3.57. The van der Waals surface area contributed by atoms with Crippen LogP contribution in [0.4, 0.5) is 0 Å². The van der Waals surface area contributed by atoms with Crippen molar-refractivity contribution in [1.29, 1.82) is 5.26 Å². The number of nitrogens with zero attached hydrogens (tertiary/aromatic N) is 1. The van der Waals surface area contributed by atoms with Gasteiger partial charge in [0.05, 0.1) is 6.07 Å². The number of ketones is 1. The van der Waals surface area contributed by atoms with Gasteiger partial charge >= 0.3 is 0 Å². The molecule has 0 aliphatic heterocycles. The molecule has 2 nitrogen and oxygen atoms in total. The molecule has 0 amide bonds. The van der Waals surface area contributed by atoms with Crippen LogP contribution in [0.5, 0.6) is 0 Å². The summed E-state index contributed by atoms with van der Waals surface area (Å²) >= 11 is 0. The number of hydrogen-bond acceptors (Lipinski definition) is 2. The zero-order valence-electron chi connectivity index (χ0n) is 10.9. The summed E-state index contributed by atoms with van der Waals surface area (Å²) in [6.07, 6.45) is 7.91. The Morgan fingerprint density at radius 1 is 1.59 bits per heavy atom. The average Bonchev–Trinajstić information content (AvgIpc) is 2.14. The second kappa shape index (κ2) is 5.14. The smallest absolute Gasteiger partial charge is 0.156 e. The van der Waals surface area contributed by atoms with E-state index < -0.39 is 0 Å². The average molecular weight is 229 g/mol. The van der Waals surface area contributed by atoms with E-state index in [9.17, 15) is 4.79 Å². The fourth-order valence-electron chi connectivity index (χ4n) is 2.38. The molecule has 0 saturated carbocycles. The molecule has 1 unspecified atom stereocenters. The summed E-state index contributed by atoms with van der Waals surface area (Å²) in [7, 11) is 0. The molecule has 0 heterocycles. The van der Waals surface area contributed by atoms with E-state index >= 15 is 0 Å². The molecule has 1 aliphatic carbocycles. The molecule has 2 heteroatoms. The first kappa shape index (κ1) is 13.4. The van der Waals surface area contributed by atoms with Crippen LogP contribution in [0.15, 0.2) is 35.5 Å². The zero-order chi connectivity index (χ0) is 13.1. The van der Waals surface area contributed by atoms with Gasteiger partial charge in [0.15, 0.2) is 5.78 Å². The fraction of sp³-hybridized carbons (Fsp3) is 0.467. The van der Waals surface area contributed by atoms with E-state index in [1.807, 2.05) is 26.0 Å². The minimum Gasteiger partial charge on any atom is -0.295 e. The molecule has 0 radical (unpaired) electrons. The normalized spacial score (nSPS) is 24.6. The molecular formula is C15H19NO. The first-order valence-electron chi connectivity index (χ1n) is 5.82. The van der Waals surface area contributed by atoms with Gasteiger partial charge in [0.25, 0.3) is 0 Å². The van der Waals surface area contributed by atoms with Crippen molar-refractivity contribution in [2.75, 3.05) is 0 Å². The molecule has 17 heavy (non-hydrogen) atoms. The van der Waals surface area contributed by atoms with Crippen LogP contribution in [-0.2, 0) is 4.79 Å². The molecular weight excluding hydrogens is 210 g/mol. The van der Waals surface area contributed by atoms with Crippen molar-refractivity contribution in [1.82, 2.24) is 0 Å². The topological polar surface area (TPSA) is 40.9 Å². The monoisotopic (exact) mass is 229 g/mol. The van der Waals surface area contributed by atoms with Gasteiger partial charge in [-0.25, -0.2) is 0 Å².